The molecule has 0 saturated carbocycles. The van der Waals surface area contributed by atoms with Gasteiger partial charge in [0.15, 0.2) is 0 Å². The zero-order valence-corrected chi connectivity index (χ0v) is 15.3. The van der Waals surface area contributed by atoms with Gasteiger partial charge in [0.2, 0.25) is 0 Å². The lowest BCUT2D eigenvalue weighted by atomic mass is 9.89. The van der Waals surface area contributed by atoms with E-state index in [1.807, 2.05) is 23.0 Å². The average Bonchev–Trinajstić information content (AvgIpc) is 3.09. The summed E-state index contributed by atoms with van der Waals surface area (Å²) in [4.78, 5) is 4.13. The van der Waals surface area contributed by atoms with Crippen molar-refractivity contribution in [3.63, 3.8) is 0 Å². The fourth-order valence-electron chi connectivity index (χ4n) is 2.84. The molecule has 0 radical (unpaired) electrons. The van der Waals surface area contributed by atoms with Crippen molar-refractivity contribution < 1.29 is 0 Å². The highest BCUT2D eigenvalue weighted by Crippen LogP contribution is 2.22. The molecule has 3 rings (SSSR count). The van der Waals surface area contributed by atoms with Gasteiger partial charge < -0.3 is 0 Å². The van der Waals surface area contributed by atoms with Crippen molar-refractivity contribution in [3.8, 4) is 16.9 Å². The third-order valence-corrected chi connectivity index (χ3v) is 4.29. The topological polar surface area (TPSA) is 43.6 Å². The molecule has 0 unspecified atom stereocenters. The number of nitrogens with zero attached hydrogens (tertiary/aromatic N) is 4. The van der Waals surface area contributed by atoms with Crippen LogP contribution in [0.4, 0.5) is 0 Å². The maximum Gasteiger partial charge on any atom is 0.115 e. The summed E-state index contributed by atoms with van der Waals surface area (Å²) in [6.07, 6.45) is 10.4. The van der Waals surface area contributed by atoms with Crippen molar-refractivity contribution in [2.45, 2.75) is 46.5 Å². The molecule has 4 nitrogen and oxygen atoms in total. The van der Waals surface area contributed by atoms with E-state index in [-0.39, 0.29) is 0 Å². The van der Waals surface area contributed by atoms with E-state index >= 15 is 0 Å². The molecule has 0 atom stereocenters. The molecule has 0 saturated heterocycles. The highest BCUT2D eigenvalue weighted by Gasteiger charge is 2.09. The van der Waals surface area contributed by atoms with Crippen LogP contribution in [0.25, 0.3) is 16.9 Å². The Hall–Kier alpha value is -2.49. The molecule has 2 aromatic heterocycles. The fraction of sp³-hybridized carbons (Fsp3) is 0.381. The summed E-state index contributed by atoms with van der Waals surface area (Å²) in [6.45, 7) is 6.92. The van der Waals surface area contributed by atoms with Gasteiger partial charge in [0.1, 0.15) is 5.69 Å². The number of benzene rings is 1. The van der Waals surface area contributed by atoms with Gasteiger partial charge in [0, 0.05) is 18.0 Å². The van der Waals surface area contributed by atoms with E-state index in [1.165, 1.54) is 24.8 Å². The molecule has 0 aliphatic heterocycles. The number of pyridine rings is 1. The van der Waals surface area contributed by atoms with Gasteiger partial charge in [-0.05, 0) is 54.5 Å². The Morgan fingerprint density at radius 3 is 2.48 bits per heavy atom. The largest absolute Gasteiger partial charge is 0.264 e. The van der Waals surface area contributed by atoms with Gasteiger partial charge in [-0.2, -0.15) is 0 Å². The molecule has 2 heterocycles. The van der Waals surface area contributed by atoms with Crippen LogP contribution in [0.2, 0.25) is 0 Å². The van der Waals surface area contributed by atoms with Crippen LogP contribution in [0.3, 0.4) is 0 Å². The highest BCUT2D eigenvalue weighted by molar-refractivity contribution is 5.56. The zero-order chi connectivity index (χ0) is 17.7. The molecule has 0 fully saturated rings. The molecule has 3 aromatic rings. The quantitative estimate of drug-likeness (QED) is 0.590. The summed E-state index contributed by atoms with van der Waals surface area (Å²) in [5, 5.41) is 8.48. The Bertz CT molecular complexity index is 783. The lowest BCUT2D eigenvalue weighted by molar-refractivity contribution is 0.360. The Balaban J connectivity index is 1.60. The Labute approximate surface area is 149 Å². The summed E-state index contributed by atoms with van der Waals surface area (Å²) in [7, 11) is 0. The first-order valence-electron chi connectivity index (χ1n) is 8.93. The van der Waals surface area contributed by atoms with Gasteiger partial charge in [-0.15, -0.1) is 5.10 Å². The molecular weight excluding hydrogens is 308 g/mol. The standard InChI is InChI=1S/C21H26N4/c1-21(2,3)13-5-4-7-17-9-11-19(12-10-17)25-16-20(23-24-25)18-8-6-14-22-15-18/h6,8-12,14-16H,4-5,7,13H2,1-3H3. The van der Waals surface area contributed by atoms with E-state index in [2.05, 4.69) is 60.3 Å². The second kappa shape index (κ2) is 7.60. The molecule has 0 N–H and O–H groups in total. The third-order valence-electron chi connectivity index (χ3n) is 4.29. The number of aromatic nitrogens is 4. The summed E-state index contributed by atoms with van der Waals surface area (Å²) in [6, 6.07) is 12.5. The van der Waals surface area contributed by atoms with Crippen LogP contribution in [0.1, 0.15) is 45.6 Å². The minimum atomic E-state index is 0.433. The predicted molar refractivity (Wildman–Crippen MR) is 102 cm³/mol. The van der Waals surface area contributed by atoms with E-state index in [4.69, 9.17) is 0 Å². The van der Waals surface area contributed by atoms with Crippen LogP contribution in [0.5, 0.6) is 0 Å². The molecule has 4 heteroatoms. The molecule has 0 amide bonds. The lowest BCUT2D eigenvalue weighted by Gasteiger charge is -2.17. The molecule has 1 aromatic carbocycles. The van der Waals surface area contributed by atoms with Gasteiger partial charge in [-0.1, -0.05) is 44.5 Å². The van der Waals surface area contributed by atoms with Gasteiger partial charge in [-0.25, -0.2) is 4.68 Å². The minimum Gasteiger partial charge on any atom is -0.264 e. The van der Waals surface area contributed by atoms with Gasteiger partial charge in [0.05, 0.1) is 11.9 Å². The third kappa shape index (κ3) is 4.99. The number of hydrogen-bond acceptors (Lipinski definition) is 3. The van der Waals surface area contributed by atoms with Crippen LogP contribution in [0.15, 0.2) is 55.0 Å². The summed E-state index contributed by atoms with van der Waals surface area (Å²) >= 11 is 0. The number of rotatable bonds is 6. The first-order valence-corrected chi connectivity index (χ1v) is 8.93. The molecule has 0 spiro atoms. The minimum absolute atomic E-state index is 0.433. The molecule has 0 aliphatic rings. The highest BCUT2D eigenvalue weighted by atomic mass is 15.4. The fourth-order valence-corrected chi connectivity index (χ4v) is 2.84. The predicted octanol–water partition coefficient (Wildman–Crippen LogP) is 5.09. The first kappa shape index (κ1) is 17.3. The average molecular weight is 334 g/mol. The van der Waals surface area contributed by atoms with Crippen LogP contribution in [-0.2, 0) is 6.42 Å². The Morgan fingerprint density at radius 2 is 1.80 bits per heavy atom. The summed E-state index contributed by atoms with van der Waals surface area (Å²) in [5.41, 5.74) is 4.65. The van der Waals surface area contributed by atoms with Crippen molar-refractivity contribution in [3.05, 3.63) is 60.6 Å². The first-order chi connectivity index (χ1) is 12.0. The van der Waals surface area contributed by atoms with Gasteiger partial charge in [0.25, 0.3) is 0 Å². The molecule has 0 bridgehead atoms. The maximum atomic E-state index is 4.24. The number of hydrogen-bond donors (Lipinski definition) is 0. The summed E-state index contributed by atoms with van der Waals surface area (Å²) in [5.74, 6) is 0. The maximum absolute atomic E-state index is 4.24. The summed E-state index contributed by atoms with van der Waals surface area (Å²) < 4.78 is 1.81. The van der Waals surface area contributed by atoms with Crippen LogP contribution >= 0.6 is 0 Å². The molecular formula is C21H26N4. The van der Waals surface area contributed by atoms with Crippen LogP contribution < -0.4 is 0 Å². The second-order valence-corrected chi connectivity index (χ2v) is 7.72. The molecule has 25 heavy (non-hydrogen) atoms. The monoisotopic (exact) mass is 334 g/mol. The number of unbranched alkanes of at least 4 members (excludes halogenated alkanes) is 1. The Kier molecular flexibility index (Phi) is 5.27. The second-order valence-electron chi connectivity index (χ2n) is 7.72. The van der Waals surface area contributed by atoms with E-state index in [0.717, 1.165) is 23.4 Å². The van der Waals surface area contributed by atoms with E-state index < -0.39 is 0 Å². The molecule has 130 valence electrons. The SMILES string of the molecule is CC(C)(C)CCCCc1ccc(-n2cc(-c3cccnc3)nn2)cc1. The van der Waals surface area contributed by atoms with Crippen molar-refractivity contribution in [2.75, 3.05) is 0 Å². The molecule has 0 aliphatic carbocycles. The van der Waals surface area contributed by atoms with Crippen LogP contribution in [-0.4, -0.2) is 20.0 Å². The van der Waals surface area contributed by atoms with Crippen molar-refractivity contribution in [2.24, 2.45) is 5.41 Å². The van der Waals surface area contributed by atoms with Gasteiger partial charge in [-0.3, -0.25) is 4.98 Å². The van der Waals surface area contributed by atoms with E-state index in [1.54, 1.807) is 12.4 Å². The van der Waals surface area contributed by atoms with Crippen molar-refractivity contribution in [1.29, 1.82) is 0 Å². The number of aryl methyl sites for hydroxylation is 1. The van der Waals surface area contributed by atoms with E-state index in [0.29, 0.717) is 5.41 Å². The van der Waals surface area contributed by atoms with Gasteiger partial charge >= 0.3 is 0 Å². The lowest BCUT2D eigenvalue weighted by Crippen LogP contribution is -2.04. The van der Waals surface area contributed by atoms with Crippen LogP contribution in [0, 0.1) is 5.41 Å². The van der Waals surface area contributed by atoms with Crippen molar-refractivity contribution >= 4 is 0 Å². The zero-order valence-electron chi connectivity index (χ0n) is 15.3. The smallest absolute Gasteiger partial charge is 0.115 e. The van der Waals surface area contributed by atoms with Crippen molar-refractivity contribution in [1.82, 2.24) is 20.0 Å². The van der Waals surface area contributed by atoms with E-state index in [9.17, 15) is 0 Å². The Morgan fingerprint density at radius 1 is 1.00 bits per heavy atom. The normalized spacial score (nSPS) is 11.6.